The maximum absolute atomic E-state index is 4.11. The summed E-state index contributed by atoms with van der Waals surface area (Å²) < 4.78 is 1.03. The number of pyridine rings is 1. The lowest BCUT2D eigenvalue weighted by atomic mass is 10.4. The first-order valence-electron chi connectivity index (χ1n) is 3.90. The van der Waals surface area contributed by atoms with Gasteiger partial charge in [-0.15, -0.1) is 0 Å². The van der Waals surface area contributed by atoms with Crippen molar-refractivity contribution in [2.24, 2.45) is 0 Å². The molecule has 2 nitrogen and oxygen atoms in total. The second-order valence-corrected chi connectivity index (χ2v) is 3.64. The van der Waals surface area contributed by atoms with E-state index in [1.54, 1.807) is 6.20 Å². The van der Waals surface area contributed by atoms with Crippen LogP contribution in [-0.2, 0) is 0 Å². The lowest BCUT2D eigenvalue weighted by Crippen LogP contribution is -2.11. The molecule has 0 N–H and O–H groups in total. The van der Waals surface area contributed by atoms with Crippen molar-refractivity contribution in [2.45, 2.75) is 6.42 Å². The summed E-state index contributed by atoms with van der Waals surface area (Å²) in [4.78, 5) is 6.30. The van der Waals surface area contributed by atoms with Crippen molar-refractivity contribution >= 4 is 21.6 Å². The number of hydrogen-bond donors (Lipinski definition) is 0. The summed E-state index contributed by atoms with van der Waals surface area (Å²) in [5, 5.41) is 0. The van der Waals surface area contributed by atoms with E-state index in [9.17, 15) is 0 Å². The maximum Gasteiger partial charge on any atom is 0.0603 e. The summed E-state index contributed by atoms with van der Waals surface area (Å²) >= 11 is 3.40. The van der Waals surface area contributed by atoms with Crippen LogP contribution in [0.2, 0.25) is 0 Å². The predicted octanol–water partition coefficient (Wildman–Crippen LogP) is 2.57. The fourth-order valence-electron chi connectivity index (χ4n) is 1.26. The standard InChI is InChI=1S/C9H9BrN2/c10-8-5-9(7-11-6-8)12-3-1-2-4-12/h1,3,5-7H,2,4H2. The first-order chi connectivity index (χ1) is 5.86. The van der Waals surface area contributed by atoms with E-state index in [2.05, 4.69) is 44.2 Å². The van der Waals surface area contributed by atoms with E-state index >= 15 is 0 Å². The molecule has 3 heteroatoms. The Hall–Kier alpha value is -0.830. The Labute approximate surface area is 80.0 Å². The van der Waals surface area contributed by atoms with Crippen LogP contribution in [0.25, 0.3) is 0 Å². The third kappa shape index (κ3) is 1.50. The van der Waals surface area contributed by atoms with Crippen molar-refractivity contribution in [3.8, 4) is 0 Å². The summed E-state index contributed by atoms with van der Waals surface area (Å²) in [5.74, 6) is 0. The molecule has 12 heavy (non-hydrogen) atoms. The van der Waals surface area contributed by atoms with Crippen LogP contribution in [-0.4, -0.2) is 11.5 Å². The molecule has 1 aliphatic rings. The molecule has 0 bridgehead atoms. The third-order valence-corrected chi connectivity index (χ3v) is 2.28. The second kappa shape index (κ2) is 3.27. The van der Waals surface area contributed by atoms with Crippen LogP contribution in [0.15, 0.2) is 35.2 Å². The molecule has 0 fully saturated rings. The quantitative estimate of drug-likeness (QED) is 0.730. The molecule has 1 aromatic rings. The number of halogens is 1. The molecule has 2 heterocycles. The van der Waals surface area contributed by atoms with Crippen molar-refractivity contribution in [3.05, 3.63) is 35.2 Å². The molecule has 0 aromatic carbocycles. The third-order valence-electron chi connectivity index (χ3n) is 1.84. The summed E-state index contributed by atoms with van der Waals surface area (Å²) in [6.45, 7) is 1.07. The maximum atomic E-state index is 4.11. The van der Waals surface area contributed by atoms with Crippen molar-refractivity contribution < 1.29 is 0 Å². The highest BCUT2D eigenvalue weighted by Crippen LogP contribution is 2.20. The lowest BCUT2D eigenvalue weighted by Gasteiger charge is -2.14. The zero-order valence-electron chi connectivity index (χ0n) is 6.57. The van der Waals surface area contributed by atoms with Crippen LogP contribution < -0.4 is 4.90 Å². The minimum atomic E-state index is 1.03. The van der Waals surface area contributed by atoms with Gasteiger partial charge in [0.1, 0.15) is 0 Å². The Morgan fingerprint density at radius 2 is 2.33 bits per heavy atom. The smallest absolute Gasteiger partial charge is 0.0603 e. The van der Waals surface area contributed by atoms with Gasteiger partial charge >= 0.3 is 0 Å². The van der Waals surface area contributed by atoms with Crippen molar-refractivity contribution in [2.75, 3.05) is 11.4 Å². The first kappa shape index (κ1) is 7.80. The molecule has 62 valence electrons. The van der Waals surface area contributed by atoms with Crippen molar-refractivity contribution in [1.29, 1.82) is 0 Å². The Balaban J connectivity index is 2.27. The van der Waals surface area contributed by atoms with E-state index in [-0.39, 0.29) is 0 Å². The molecule has 0 radical (unpaired) electrons. The highest BCUT2D eigenvalue weighted by atomic mass is 79.9. The molecule has 0 unspecified atom stereocenters. The average Bonchev–Trinajstić information content (AvgIpc) is 2.56. The van der Waals surface area contributed by atoms with Crippen LogP contribution in [0.3, 0.4) is 0 Å². The van der Waals surface area contributed by atoms with E-state index in [0.717, 1.165) is 23.1 Å². The van der Waals surface area contributed by atoms with Gasteiger partial charge in [-0.05, 0) is 28.4 Å². The summed E-state index contributed by atoms with van der Waals surface area (Å²) in [5.41, 5.74) is 1.15. The van der Waals surface area contributed by atoms with Gasteiger partial charge in [0.25, 0.3) is 0 Å². The van der Waals surface area contributed by atoms with Crippen LogP contribution in [0.5, 0.6) is 0 Å². The summed E-state index contributed by atoms with van der Waals surface area (Å²) in [6.07, 6.45) is 9.07. The molecule has 0 aliphatic carbocycles. The lowest BCUT2D eigenvalue weighted by molar-refractivity contribution is 0.992. The monoisotopic (exact) mass is 224 g/mol. The van der Waals surface area contributed by atoms with Gasteiger partial charge < -0.3 is 4.90 Å². The molecule has 0 saturated heterocycles. The predicted molar refractivity (Wildman–Crippen MR) is 53.0 cm³/mol. The number of aromatic nitrogens is 1. The highest BCUT2D eigenvalue weighted by Gasteiger charge is 2.06. The van der Waals surface area contributed by atoms with E-state index in [1.807, 2.05) is 6.20 Å². The van der Waals surface area contributed by atoms with Crippen molar-refractivity contribution in [1.82, 2.24) is 4.98 Å². The SMILES string of the molecule is Brc1cncc(N2C=CCC2)c1. The Kier molecular flexibility index (Phi) is 2.13. The number of anilines is 1. The normalized spacial score (nSPS) is 15.6. The zero-order chi connectivity index (χ0) is 8.39. The topological polar surface area (TPSA) is 16.1 Å². The molecule has 0 amide bonds. The van der Waals surface area contributed by atoms with Crippen LogP contribution in [0, 0.1) is 0 Å². The van der Waals surface area contributed by atoms with Gasteiger partial charge in [-0.3, -0.25) is 4.98 Å². The van der Waals surface area contributed by atoms with Gasteiger partial charge in [-0.25, -0.2) is 0 Å². The molecule has 0 atom stereocenters. The Morgan fingerprint density at radius 3 is 3.00 bits per heavy atom. The minimum Gasteiger partial charge on any atom is -0.347 e. The van der Waals surface area contributed by atoms with Gasteiger partial charge in [0.05, 0.1) is 11.9 Å². The van der Waals surface area contributed by atoms with Crippen LogP contribution in [0.1, 0.15) is 6.42 Å². The Bertz CT molecular complexity index is 309. The van der Waals surface area contributed by atoms with Crippen LogP contribution in [0.4, 0.5) is 5.69 Å². The van der Waals surface area contributed by atoms with E-state index in [0.29, 0.717) is 0 Å². The molecule has 1 aliphatic heterocycles. The van der Waals surface area contributed by atoms with Gasteiger partial charge in [-0.2, -0.15) is 0 Å². The number of nitrogens with zero attached hydrogens (tertiary/aromatic N) is 2. The molecule has 0 saturated carbocycles. The van der Waals surface area contributed by atoms with E-state index in [1.165, 1.54) is 0 Å². The van der Waals surface area contributed by atoms with Gasteiger partial charge in [-0.1, -0.05) is 6.08 Å². The number of rotatable bonds is 1. The average molecular weight is 225 g/mol. The zero-order valence-corrected chi connectivity index (χ0v) is 8.16. The molecule has 2 rings (SSSR count). The van der Waals surface area contributed by atoms with Crippen LogP contribution >= 0.6 is 15.9 Å². The largest absolute Gasteiger partial charge is 0.347 e. The Morgan fingerprint density at radius 1 is 1.42 bits per heavy atom. The van der Waals surface area contributed by atoms with E-state index in [4.69, 9.17) is 0 Å². The second-order valence-electron chi connectivity index (χ2n) is 2.73. The van der Waals surface area contributed by atoms with Gasteiger partial charge in [0, 0.05) is 23.4 Å². The molecule has 0 spiro atoms. The van der Waals surface area contributed by atoms with Gasteiger partial charge in [0.15, 0.2) is 0 Å². The van der Waals surface area contributed by atoms with Gasteiger partial charge in [0.2, 0.25) is 0 Å². The first-order valence-corrected chi connectivity index (χ1v) is 4.69. The van der Waals surface area contributed by atoms with Crippen molar-refractivity contribution in [3.63, 3.8) is 0 Å². The molecule has 1 aromatic heterocycles. The summed E-state index contributed by atoms with van der Waals surface area (Å²) in [6, 6.07) is 2.07. The highest BCUT2D eigenvalue weighted by molar-refractivity contribution is 9.10. The fraction of sp³-hybridized carbons (Fsp3) is 0.222. The molecular weight excluding hydrogens is 216 g/mol. The number of hydrogen-bond acceptors (Lipinski definition) is 2. The summed E-state index contributed by atoms with van der Waals surface area (Å²) in [7, 11) is 0. The fourth-order valence-corrected chi connectivity index (χ4v) is 1.62. The minimum absolute atomic E-state index is 1.03. The molecular formula is C9H9BrN2. The van der Waals surface area contributed by atoms with E-state index < -0.39 is 0 Å².